The molecule has 152 valence electrons. The number of hydrogen-bond acceptors (Lipinski definition) is 4. The molecule has 2 aromatic rings. The Morgan fingerprint density at radius 2 is 1.66 bits per heavy atom. The molecule has 6 heteroatoms. The minimum Gasteiger partial charge on any atom is -0.497 e. The van der Waals surface area contributed by atoms with Crippen LogP contribution in [0.5, 0.6) is 11.5 Å². The maximum absolute atomic E-state index is 12.8. The van der Waals surface area contributed by atoms with Crippen LogP contribution < -0.4 is 14.8 Å². The fourth-order valence-electron chi connectivity index (χ4n) is 4.55. The van der Waals surface area contributed by atoms with E-state index in [1.165, 1.54) is 0 Å². The summed E-state index contributed by atoms with van der Waals surface area (Å²) >= 11 is 6.13. The van der Waals surface area contributed by atoms with E-state index < -0.39 is 0 Å². The Morgan fingerprint density at radius 3 is 2.17 bits per heavy atom. The van der Waals surface area contributed by atoms with E-state index in [1.54, 1.807) is 49.6 Å². The van der Waals surface area contributed by atoms with Crippen molar-refractivity contribution in [2.75, 3.05) is 7.11 Å². The van der Waals surface area contributed by atoms with E-state index in [4.69, 9.17) is 26.3 Å². The van der Waals surface area contributed by atoms with Gasteiger partial charge in [0, 0.05) is 28.5 Å². The zero-order valence-electron chi connectivity index (χ0n) is 17.2. The molecule has 2 aromatic carbocycles. The maximum atomic E-state index is 12.8. The van der Waals surface area contributed by atoms with Gasteiger partial charge >= 0.3 is 0 Å². The number of benzene rings is 2. The summed E-state index contributed by atoms with van der Waals surface area (Å²) in [6, 6.07) is 14.1. The van der Waals surface area contributed by atoms with Gasteiger partial charge in [-0.25, -0.2) is 0 Å². The van der Waals surface area contributed by atoms with Crippen molar-refractivity contribution in [3.8, 4) is 17.6 Å². The lowest BCUT2D eigenvalue weighted by Crippen LogP contribution is -2.74. The second-order valence-electron chi connectivity index (χ2n) is 8.53. The molecule has 0 saturated heterocycles. The fourth-order valence-corrected chi connectivity index (χ4v) is 4.77. The Kier molecular flexibility index (Phi) is 5.51. The lowest BCUT2D eigenvalue weighted by atomic mass is 9.49. The quantitative estimate of drug-likeness (QED) is 0.763. The number of methoxy groups -OCH3 is 1. The van der Waals surface area contributed by atoms with E-state index in [1.807, 2.05) is 6.07 Å². The third kappa shape index (κ3) is 3.77. The van der Waals surface area contributed by atoms with E-state index in [0.717, 1.165) is 0 Å². The second kappa shape index (κ2) is 7.61. The highest BCUT2D eigenvalue weighted by Crippen LogP contribution is 2.55. The van der Waals surface area contributed by atoms with Crippen LogP contribution in [0.3, 0.4) is 0 Å². The zero-order valence-corrected chi connectivity index (χ0v) is 18.0. The standard InChI is InChI=1S/C23H25ClN2O3/c1-22(2)20(26-19(27)14-6-9-16(28-5)10-7-14)23(3,4)21(22)29-17-11-8-15(13-25)18(24)12-17/h6-12,20-21H,1-5H3,(H,26,27). The van der Waals surface area contributed by atoms with Gasteiger partial charge < -0.3 is 14.8 Å². The number of carbonyl (C=O) groups is 1. The summed E-state index contributed by atoms with van der Waals surface area (Å²) in [5.41, 5.74) is 0.397. The average molecular weight is 413 g/mol. The predicted octanol–water partition coefficient (Wildman–Crippen LogP) is 4.83. The monoisotopic (exact) mass is 412 g/mol. The molecular weight excluding hydrogens is 388 g/mol. The van der Waals surface area contributed by atoms with Crippen molar-refractivity contribution in [1.82, 2.24) is 5.32 Å². The minimum absolute atomic E-state index is 0.0801. The second-order valence-corrected chi connectivity index (χ2v) is 8.94. The number of nitriles is 1. The molecule has 0 unspecified atom stereocenters. The fraction of sp³-hybridized carbons (Fsp3) is 0.391. The first-order chi connectivity index (χ1) is 13.6. The number of ether oxygens (including phenoxy) is 2. The van der Waals surface area contributed by atoms with E-state index in [9.17, 15) is 4.79 Å². The number of nitrogens with one attached hydrogen (secondary N) is 1. The van der Waals surface area contributed by atoms with Gasteiger partial charge in [-0.05, 0) is 36.4 Å². The lowest BCUT2D eigenvalue weighted by molar-refractivity contribution is -0.164. The molecule has 1 amide bonds. The molecule has 1 aliphatic carbocycles. The molecule has 29 heavy (non-hydrogen) atoms. The molecule has 1 saturated carbocycles. The van der Waals surface area contributed by atoms with E-state index >= 15 is 0 Å². The molecule has 5 nitrogen and oxygen atoms in total. The van der Waals surface area contributed by atoms with Crippen molar-refractivity contribution in [2.24, 2.45) is 10.8 Å². The van der Waals surface area contributed by atoms with Crippen molar-refractivity contribution in [2.45, 2.75) is 39.8 Å². The van der Waals surface area contributed by atoms with Crippen molar-refractivity contribution < 1.29 is 14.3 Å². The Morgan fingerprint density at radius 1 is 1.07 bits per heavy atom. The number of rotatable bonds is 5. The largest absolute Gasteiger partial charge is 0.497 e. The summed E-state index contributed by atoms with van der Waals surface area (Å²) < 4.78 is 11.4. The van der Waals surface area contributed by atoms with Crippen LogP contribution in [-0.2, 0) is 0 Å². The summed E-state index contributed by atoms with van der Waals surface area (Å²) in [6.45, 7) is 8.31. The first-order valence-corrected chi connectivity index (χ1v) is 9.80. The molecule has 1 N–H and O–H groups in total. The smallest absolute Gasteiger partial charge is 0.251 e. The van der Waals surface area contributed by atoms with Crippen LogP contribution in [0.15, 0.2) is 42.5 Å². The molecule has 0 radical (unpaired) electrons. The van der Waals surface area contributed by atoms with Crippen LogP contribution in [0.1, 0.15) is 43.6 Å². The highest BCUT2D eigenvalue weighted by Gasteiger charge is 2.64. The van der Waals surface area contributed by atoms with Gasteiger partial charge in [0.25, 0.3) is 5.91 Å². The van der Waals surface area contributed by atoms with Crippen LogP contribution in [0.25, 0.3) is 0 Å². The van der Waals surface area contributed by atoms with E-state index in [2.05, 4.69) is 33.0 Å². The molecular formula is C23H25ClN2O3. The van der Waals surface area contributed by atoms with Gasteiger partial charge in [0.05, 0.1) is 17.7 Å². The van der Waals surface area contributed by atoms with Gasteiger partial charge in [0.2, 0.25) is 0 Å². The number of hydrogen-bond donors (Lipinski definition) is 1. The summed E-state index contributed by atoms with van der Waals surface area (Å²) in [5, 5.41) is 12.6. The average Bonchev–Trinajstić information content (AvgIpc) is 2.69. The van der Waals surface area contributed by atoms with Crippen molar-refractivity contribution in [3.63, 3.8) is 0 Å². The van der Waals surface area contributed by atoms with Crippen LogP contribution in [0.4, 0.5) is 0 Å². The van der Waals surface area contributed by atoms with Gasteiger partial charge in [-0.15, -0.1) is 0 Å². The number of amides is 1. The van der Waals surface area contributed by atoms with E-state index in [-0.39, 0.29) is 28.9 Å². The van der Waals surface area contributed by atoms with Gasteiger partial charge in [0.15, 0.2) is 0 Å². The Balaban J connectivity index is 1.74. The van der Waals surface area contributed by atoms with Crippen LogP contribution in [0.2, 0.25) is 5.02 Å². The first-order valence-electron chi connectivity index (χ1n) is 9.42. The van der Waals surface area contributed by atoms with Gasteiger partial charge in [-0.3, -0.25) is 4.79 Å². The molecule has 0 aromatic heterocycles. The lowest BCUT2D eigenvalue weighted by Gasteiger charge is -2.63. The normalized spacial score (nSPS) is 21.4. The topological polar surface area (TPSA) is 71.3 Å². The highest BCUT2D eigenvalue weighted by atomic mass is 35.5. The zero-order chi connectivity index (χ0) is 21.4. The summed E-state index contributed by atoms with van der Waals surface area (Å²) in [5.74, 6) is 1.19. The Hall–Kier alpha value is -2.71. The molecule has 0 spiro atoms. The van der Waals surface area contributed by atoms with E-state index in [0.29, 0.717) is 27.6 Å². The Labute approximate surface area is 176 Å². The van der Waals surface area contributed by atoms with Crippen molar-refractivity contribution in [3.05, 3.63) is 58.6 Å². The molecule has 0 atom stereocenters. The van der Waals surface area contributed by atoms with Crippen LogP contribution in [-0.4, -0.2) is 25.2 Å². The van der Waals surface area contributed by atoms with Gasteiger partial charge in [0.1, 0.15) is 23.7 Å². The van der Waals surface area contributed by atoms with Gasteiger partial charge in [-0.2, -0.15) is 5.26 Å². The number of halogens is 1. The molecule has 1 aliphatic rings. The molecule has 0 bridgehead atoms. The van der Waals surface area contributed by atoms with Crippen LogP contribution >= 0.6 is 11.6 Å². The first kappa shape index (κ1) is 21.0. The summed E-state index contributed by atoms with van der Waals surface area (Å²) in [6.07, 6.45) is -0.139. The highest BCUT2D eigenvalue weighted by molar-refractivity contribution is 6.31. The molecule has 0 heterocycles. The molecule has 1 fully saturated rings. The summed E-state index contributed by atoms with van der Waals surface area (Å²) in [7, 11) is 1.59. The molecule has 3 rings (SSSR count). The number of nitrogens with zero attached hydrogens (tertiary/aromatic N) is 1. The van der Waals surface area contributed by atoms with Crippen molar-refractivity contribution >= 4 is 17.5 Å². The number of carbonyl (C=O) groups excluding carboxylic acids is 1. The van der Waals surface area contributed by atoms with Crippen molar-refractivity contribution in [1.29, 1.82) is 5.26 Å². The van der Waals surface area contributed by atoms with Crippen LogP contribution in [0, 0.1) is 22.2 Å². The maximum Gasteiger partial charge on any atom is 0.251 e. The van der Waals surface area contributed by atoms with Gasteiger partial charge in [-0.1, -0.05) is 39.3 Å². The predicted molar refractivity (Wildman–Crippen MR) is 112 cm³/mol. The summed E-state index contributed by atoms with van der Waals surface area (Å²) in [4.78, 5) is 12.8. The third-order valence-corrected chi connectivity index (χ3v) is 6.09. The molecule has 0 aliphatic heterocycles. The minimum atomic E-state index is -0.300. The third-order valence-electron chi connectivity index (χ3n) is 5.78. The Bertz CT molecular complexity index is 945. The SMILES string of the molecule is COc1ccc(C(=O)NC2C(C)(C)C(Oc3ccc(C#N)c(Cl)c3)C2(C)C)cc1.